The molecule has 0 bridgehead atoms. The number of nitrogens with one attached hydrogen (secondary N) is 3. The molecule has 0 aromatic heterocycles. The van der Waals surface area contributed by atoms with E-state index < -0.39 is 54.0 Å². The van der Waals surface area contributed by atoms with Crippen molar-refractivity contribution in [2.45, 2.75) is 69.9 Å². The molecule has 0 unspecified atom stereocenters. The van der Waals surface area contributed by atoms with Crippen molar-refractivity contribution in [2.24, 2.45) is 0 Å². The highest BCUT2D eigenvalue weighted by Crippen LogP contribution is 2.23. The van der Waals surface area contributed by atoms with Gasteiger partial charge in [0.25, 0.3) is 11.8 Å². The van der Waals surface area contributed by atoms with Crippen LogP contribution in [0.15, 0.2) is 84.9 Å². The van der Waals surface area contributed by atoms with Crippen molar-refractivity contribution in [1.82, 2.24) is 16.0 Å². The summed E-state index contributed by atoms with van der Waals surface area (Å²) in [6.45, 7) is 2.65. The van der Waals surface area contributed by atoms with Crippen LogP contribution >= 0.6 is 0 Å². The van der Waals surface area contributed by atoms with Crippen molar-refractivity contribution in [3.8, 4) is 5.75 Å². The summed E-state index contributed by atoms with van der Waals surface area (Å²) in [6, 6.07) is 23.9. The number of carboxylic acid groups (broad SMARTS) is 1. The summed E-state index contributed by atoms with van der Waals surface area (Å²) in [5.74, 6) is -2.92. The Morgan fingerprint density at radius 1 is 0.792 bits per heavy atom. The van der Waals surface area contributed by atoms with E-state index in [1.807, 2.05) is 60.7 Å². The van der Waals surface area contributed by atoms with Gasteiger partial charge in [-0.25, -0.2) is 4.79 Å². The maximum absolute atomic E-state index is 13.0. The number of carboxylic acids is 1. The van der Waals surface area contributed by atoms with Crippen LogP contribution < -0.4 is 20.7 Å². The second-order valence-electron chi connectivity index (χ2n) is 11.3. The van der Waals surface area contributed by atoms with Crippen LogP contribution in [0.1, 0.15) is 42.9 Å². The average molecular weight is 660 g/mol. The van der Waals surface area contributed by atoms with E-state index in [1.54, 1.807) is 31.2 Å². The second kappa shape index (κ2) is 18.2. The third kappa shape index (κ3) is 11.5. The molecule has 4 rings (SSSR count). The highest BCUT2D eigenvalue weighted by molar-refractivity contribution is 5.98. The van der Waals surface area contributed by atoms with Crippen LogP contribution in [0.4, 0.5) is 0 Å². The maximum atomic E-state index is 13.0. The molecule has 4 atom stereocenters. The van der Waals surface area contributed by atoms with Crippen LogP contribution in [0.5, 0.6) is 5.75 Å². The monoisotopic (exact) mass is 659 g/mol. The number of ether oxygens (including phenoxy) is 3. The topological polar surface area (TPSA) is 173 Å². The number of benzene rings is 3. The lowest BCUT2D eigenvalue weighted by Crippen LogP contribution is -2.49. The summed E-state index contributed by atoms with van der Waals surface area (Å²) < 4.78 is 16.0. The molecule has 4 N–H and O–H groups in total. The molecule has 0 saturated carbocycles. The first-order chi connectivity index (χ1) is 23.2. The molecule has 254 valence electrons. The number of carbonyl (C=O) groups is 5. The molecular weight excluding hydrogens is 618 g/mol. The number of rotatable bonds is 19. The van der Waals surface area contributed by atoms with Crippen molar-refractivity contribution in [1.29, 1.82) is 0 Å². The van der Waals surface area contributed by atoms with E-state index in [1.165, 1.54) is 0 Å². The molecule has 0 spiro atoms. The summed E-state index contributed by atoms with van der Waals surface area (Å²) >= 11 is 0. The first-order valence-electron chi connectivity index (χ1n) is 16.0. The highest BCUT2D eigenvalue weighted by Gasteiger charge is 2.51. The quantitative estimate of drug-likeness (QED) is 0.112. The van der Waals surface area contributed by atoms with Gasteiger partial charge in [-0.05, 0) is 55.0 Å². The van der Waals surface area contributed by atoms with E-state index >= 15 is 0 Å². The van der Waals surface area contributed by atoms with Crippen LogP contribution in [-0.2, 0) is 52.9 Å². The zero-order valence-electron chi connectivity index (χ0n) is 26.8. The summed E-state index contributed by atoms with van der Waals surface area (Å²) in [5.41, 5.74) is 2.70. The molecule has 1 saturated heterocycles. The third-order valence-electron chi connectivity index (χ3n) is 7.60. The largest absolute Gasteiger partial charge is 0.489 e. The molecule has 12 nitrogen and oxygen atoms in total. The van der Waals surface area contributed by atoms with Crippen LogP contribution in [0, 0.1) is 0 Å². The lowest BCUT2D eigenvalue weighted by atomic mass is 10.1. The fraction of sp³-hybridized carbons (Fsp3) is 0.361. The van der Waals surface area contributed by atoms with Gasteiger partial charge in [0.1, 0.15) is 24.4 Å². The van der Waals surface area contributed by atoms with Crippen LogP contribution in [-0.4, -0.2) is 72.2 Å². The van der Waals surface area contributed by atoms with Gasteiger partial charge in [-0.1, -0.05) is 72.8 Å². The fourth-order valence-electron chi connectivity index (χ4n) is 4.97. The minimum atomic E-state index is -1.27. The lowest BCUT2D eigenvalue weighted by Gasteiger charge is -2.18. The number of epoxide rings is 1. The molecule has 1 aliphatic heterocycles. The number of esters is 1. The third-order valence-corrected chi connectivity index (χ3v) is 7.60. The zero-order valence-corrected chi connectivity index (χ0v) is 26.8. The average Bonchev–Trinajstić information content (AvgIpc) is 3.90. The van der Waals surface area contributed by atoms with Crippen LogP contribution in [0.3, 0.4) is 0 Å². The molecule has 48 heavy (non-hydrogen) atoms. The van der Waals surface area contributed by atoms with Crippen molar-refractivity contribution < 1.29 is 43.3 Å². The van der Waals surface area contributed by atoms with Gasteiger partial charge in [0.15, 0.2) is 12.2 Å². The number of hydrogen-bond acceptors (Lipinski definition) is 8. The standard InChI is InChI=1S/C36H41N3O9/c1-2-46-30(40)15-9-14-28(33(41)37-21-20-24-10-5-3-6-11-24)38-34(42)31-32(48-31)35(43)39-29(36(44)45)22-25-16-18-27(19-17-25)47-23-26-12-7-4-8-13-26/h3-8,10-13,16-19,28-29,31-32H,2,9,14-15,20-23H2,1H3,(H,37,41)(H,38,42)(H,39,43)(H,44,45)/t28-,29-,31-,32-/m0/s1. The van der Waals surface area contributed by atoms with E-state index in [4.69, 9.17) is 14.2 Å². The Bertz CT molecular complexity index is 1520. The lowest BCUT2D eigenvalue weighted by molar-refractivity contribution is -0.143. The number of aliphatic carboxylic acids is 1. The van der Waals surface area contributed by atoms with Crippen molar-refractivity contribution >= 4 is 29.7 Å². The van der Waals surface area contributed by atoms with Gasteiger partial charge in [-0.3, -0.25) is 19.2 Å². The molecule has 1 heterocycles. The summed E-state index contributed by atoms with van der Waals surface area (Å²) in [7, 11) is 0. The van der Waals surface area contributed by atoms with Crippen molar-refractivity contribution in [3.63, 3.8) is 0 Å². The summed E-state index contributed by atoms with van der Waals surface area (Å²) in [5, 5.41) is 17.6. The Hall–Kier alpha value is -5.23. The summed E-state index contributed by atoms with van der Waals surface area (Å²) in [4.78, 5) is 62.7. The van der Waals surface area contributed by atoms with Crippen molar-refractivity contribution in [2.75, 3.05) is 13.2 Å². The van der Waals surface area contributed by atoms with Gasteiger partial charge in [0, 0.05) is 19.4 Å². The minimum absolute atomic E-state index is 0.00465. The Kier molecular flexibility index (Phi) is 13.5. The van der Waals surface area contributed by atoms with Crippen molar-refractivity contribution in [3.05, 3.63) is 102 Å². The minimum Gasteiger partial charge on any atom is -0.489 e. The molecule has 3 amide bonds. The SMILES string of the molecule is CCOC(=O)CCC[C@H](NC(=O)[C@H]1O[C@@H]1C(=O)N[C@@H](Cc1ccc(OCc2ccccc2)cc1)C(=O)O)C(=O)NCCc1ccccc1. The van der Waals surface area contributed by atoms with E-state index in [0.29, 0.717) is 30.9 Å². The molecule has 0 radical (unpaired) electrons. The first kappa shape index (κ1) is 35.6. The Labute approximate surface area is 279 Å². The second-order valence-corrected chi connectivity index (χ2v) is 11.3. The predicted octanol–water partition coefficient (Wildman–Crippen LogP) is 2.72. The molecule has 12 heteroatoms. The van der Waals surface area contributed by atoms with E-state index in [0.717, 1.165) is 11.1 Å². The zero-order chi connectivity index (χ0) is 34.3. The van der Waals surface area contributed by atoms with E-state index in [2.05, 4.69) is 16.0 Å². The van der Waals surface area contributed by atoms with E-state index in [9.17, 15) is 29.1 Å². The Morgan fingerprint density at radius 3 is 2.00 bits per heavy atom. The van der Waals surface area contributed by atoms with Gasteiger partial charge in [0.05, 0.1) is 6.61 Å². The first-order valence-corrected chi connectivity index (χ1v) is 16.0. The fourth-order valence-corrected chi connectivity index (χ4v) is 4.97. The Balaban J connectivity index is 1.27. The van der Waals surface area contributed by atoms with Crippen LogP contribution in [0.25, 0.3) is 0 Å². The van der Waals surface area contributed by atoms with Gasteiger partial charge in [-0.2, -0.15) is 0 Å². The highest BCUT2D eigenvalue weighted by atomic mass is 16.6. The number of amides is 3. The smallest absolute Gasteiger partial charge is 0.326 e. The molecule has 1 aliphatic rings. The van der Waals surface area contributed by atoms with E-state index in [-0.39, 0.29) is 32.3 Å². The van der Waals surface area contributed by atoms with Crippen LogP contribution in [0.2, 0.25) is 0 Å². The Morgan fingerprint density at radius 2 is 1.40 bits per heavy atom. The number of carbonyl (C=O) groups excluding carboxylic acids is 4. The van der Waals surface area contributed by atoms with Gasteiger partial charge in [-0.15, -0.1) is 0 Å². The molecule has 0 aliphatic carbocycles. The van der Waals surface area contributed by atoms with Gasteiger partial charge in [0.2, 0.25) is 5.91 Å². The maximum Gasteiger partial charge on any atom is 0.326 e. The molecule has 3 aromatic carbocycles. The summed E-state index contributed by atoms with van der Waals surface area (Å²) in [6.07, 6.45) is -1.31. The predicted molar refractivity (Wildman–Crippen MR) is 175 cm³/mol. The van der Waals surface area contributed by atoms with Gasteiger partial charge < -0.3 is 35.3 Å². The van der Waals surface area contributed by atoms with Gasteiger partial charge >= 0.3 is 11.9 Å². The molecule has 3 aromatic rings. The number of hydrogen-bond donors (Lipinski definition) is 4. The molecular formula is C36H41N3O9. The molecule has 1 fully saturated rings. The normalized spacial score (nSPS) is 16.1.